The highest BCUT2D eigenvalue weighted by Gasteiger charge is 2.07. The predicted octanol–water partition coefficient (Wildman–Crippen LogP) is 2.25. The summed E-state index contributed by atoms with van der Waals surface area (Å²) in [6.07, 6.45) is 4.92. The molecule has 0 bridgehead atoms. The first-order chi connectivity index (χ1) is 8.81. The summed E-state index contributed by atoms with van der Waals surface area (Å²) in [7, 11) is 0. The molecule has 0 atom stereocenters. The van der Waals surface area contributed by atoms with E-state index in [2.05, 4.69) is 22.4 Å². The SMILES string of the molecule is CCc1nccn1C(=O)NCCc1ccccc1. The number of hydrogen-bond donors (Lipinski definition) is 1. The molecule has 0 aliphatic rings. The van der Waals surface area contributed by atoms with Crippen LogP contribution in [0.4, 0.5) is 4.79 Å². The lowest BCUT2D eigenvalue weighted by molar-refractivity contribution is 0.242. The van der Waals surface area contributed by atoms with Gasteiger partial charge in [-0.2, -0.15) is 0 Å². The van der Waals surface area contributed by atoms with Crippen molar-refractivity contribution in [2.75, 3.05) is 6.54 Å². The molecule has 2 rings (SSSR count). The van der Waals surface area contributed by atoms with E-state index in [9.17, 15) is 4.79 Å². The average Bonchev–Trinajstić information content (AvgIpc) is 2.88. The van der Waals surface area contributed by atoms with Crippen molar-refractivity contribution < 1.29 is 4.79 Å². The van der Waals surface area contributed by atoms with Crippen molar-refractivity contribution in [3.05, 3.63) is 54.1 Å². The summed E-state index contributed by atoms with van der Waals surface area (Å²) in [6.45, 7) is 2.61. The molecule has 94 valence electrons. The number of benzene rings is 1. The van der Waals surface area contributed by atoms with Crippen LogP contribution in [0.1, 0.15) is 18.3 Å². The second kappa shape index (κ2) is 6.00. The van der Waals surface area contributed by atoms with Gasteiger partial charge >= 0.3 is 6.03 Å². The minimum absolute atomic E-state index is 0.111. The van der Waals surface area contributed by atoms with E-state index in [0.717, 1.165) is 18.7 Å². The number of aryl methyl sites for hydroxylation is 1. The second-order valence-electron chi connectivity index (χ2n) is 4.03. The van der Waals surface area contributed by atoms with Crippen LogP contribution in [0.3, 0.4) is 0 Å². The largest absolute Gasteiger partial charge is 0.337 e. The molecule has 0 saturated heterocycles. The molecule has 1 aromatic heterocycles. The van der Waals surface area contributed by atoms with E-state index in [1.165, 1.54) is 5.56 Å². The Morgan fingerprint density at radius 2 is 2.11 bits per heavy atom. The van der Waals surface area contributed by atoms with Crippen molar-refractivity contribution in [3.8, 4) is 0 Å². The first-order valence-corrected chi connectivity index (χ1v) is 6.15. The summed E-state index contributed by atoms with van der Waals surface area (Å²) in [5.41, 5.74) is 1.22. The van der Waals surface area contributed by atoms with Gasteiger partial charge in [0.2, 0.25) is 0 Å². The maximum Gasteiger partial charge on any atom is 0.327 e. The van der Waals surface area contributed by atoms with E-state index in [0.29, 0.717) is 6.54 Å². The quantitative estimate of drug-likeness (QED) is 0.895. The van der Waals surface area contributed by atoms with Crippen LogP contribution in [0.15, 0.2) is 42.7 Å². The number of nitrogens with zero attached hydrogens (tertiary/aromatic N) is 2. The molecular formula is C14H17N3O. The molecule has 4 heteroatoms. The molecule has 4 nitrogen and oxygen atoms in total. The lowest BCUT2D eigenvalue weighted by Gasteiger charge is -2.07. The molecular weight excluding hydrogens is 226 g/mol. The number of imidazole rings is 1. The van der Waals surface area contributed by atoms with Crippen molar-refractivity contribution in [2.45, 2.75) is 19.8 Å². The number of carbonyl (C=O) groups excluding carboxylic acids is 1. The molecule has 1 N–H and O–H groups in total. The van der Waals surface area contributed by atoms with E-state index in [4.69, 9.17) is 0 Å². The van der Waals surface area contributed by atoms with Crippen LogP contribution < -0.4 is 5.32 Å². The zero-order valence-electron chi connectivity index (χ0n) is 10.5. The Morgan fingerprint density at radius 1 is 1.33 bits per heavy atom. The van der Waals surface area contributed by atoms with Gasteiger partial charge in [0.1, 0.15) is 5.82 Å². The fourth-order valence-electron chi connectivity index (χ4n) is 1.82. The standard InChI is InChI=1S/C14H17N3O/c1-2-13-15-10-11-17(13)14(18)16-9-8-12-6-4-3-5-7-12/h3-7,10-11H,2,8-9H2,1H3,(H,16,18). The van der Waals surface area contributed by atoms with Crippen LogP contribution in [0.5, 0.6) is 0 Å². The molecule has 0 aliphatic carbocycles. The van der Waals surface area contributed by atoms with Crippen LogP contribution >= 0.6 is 0 Å². The minimum atomic E-state index is -0.111. The number of nitrogens with one attached hydrogen (secondary N) is 1. The molecule has 0 aliphatic heterocycles. The average molecular weight is 243 g/mol. The smallest absolute Gasteiger partial charge is 0.327 e. The van der Waals surface area contributed by atoms with Crippen LogP contribution in [-0.4, -0.2) is 22.1 Å². The Labute approximate surface area is 107 Å². The van der Waals surface area contributed by atoms with E-state index in [-0.39, 0.29) is 6.03 Å². The van der Waals surface area contributed by atoms with Gasteiger partial charge in [0.15, 0.2) is 0 Å². The fourth-order valence-corrected chi connectivity index (χ4v) is 1.82. The Bertz CT molecular complexity index is 505. The lowest BCUT2D eigenvalue weighted by atomic mass is 10.1. The van der Waals surface area contributed by atoms with Gasteiger partial charge in [-0.05, 0) is 12.0 Å². The van der Waals surface area contributed by atoms with Gasteiger partial charge in [-0.3, -0.25) is 4.57 Å². The monoisotopic (exact) mass is 243 g/mol. The molecule has 1 amide bonds. The first kappa shape index (κ1) is 12.4. The van der Waals surface area contributed by atoms with Crippen LogP contribution in [0.2, 0.25) is 0 Å². The highest BCUT2D eigenvalue weighted by Crippen LogP contribution is 2.00. The van der Waals surface area contributed by atoms with Crippen molar-refractivity contribution in [3.63, 3.8) is 0 Å². The van der Waals surface area contributed by atoms with Crippen molar-refractivity contribution in [2.24, 2.45) is 0 Å². The zero-order chi connectivity index (χ0) is 12.8. The van der Waals surface area contributed by atoms with Gasteiger partial charge in [-0.1, -0.05) is 37.3 Å². The molecule has 0 unspecified atom stereocenters. The Morgan fingerprint density at radius 3 is 2.83 bits per heavy atom. The highest BCUT2D eigenvalue weighted by molar-refractivity contribution is 5.77. The number of rotatable bonds is 4. The molecule has 0 saturated carbocycles. The summed E-state index contributed by atoms with van der Waals surface area (Å²) in [5.74, 6) is 0.784. The number of amides is 1. The van der Waals surface area contributed by atoms with Gasteiger partial charge in [-0.25, -0.2) is 9.78 Å². The Hall–Kier alpha value is -2.10. The maximum absolute atomic E-state index is 11.9. The van der Waals surface area contributed by atoms with Gasteiger partial charge in [0.25, 0.3) is 0 Å². The first-order valence-electron chi connectivity index (χ1n) is 6.15. The summed E-state index contributed by atoms with van der Waals surface area (Å²) >= 11 is 0. The van der Waals surface area contributed by atoms with E-state index in [1.54, 1.807) is 17.0 Å². The molecule has 1 heterocycles. The van der Waals surface area contributed by atoms with Gasteiger partial charge < -0.3 is 5.32 Å². The van der Waals surface area contributed by atoms with E-state index in [1.807, 2.05) is 25.1 Å². The number of hydrogen-bond acceptors (Lipinski definition) is 2. The summed E-state index contributed by atoms with van der Waals surface area (Å²) in [4.78, 5) is 16.0. The number of carbonyl (C=O) groups is 1. The van der Waals surface area contributed by atoms with Crippen LogP contribution in [0.25, 0.3) is 0 Å². The maximum atomic E-state index is 11.9. The fraction of sp³-hybridized carbons (Fsp3) is 0.286. The van der Waals surface area contributed by atoms with Crippen molar-refractivity contribution >= 4 is 6.03 Å². The Balaban J connectivity index is 1.86. The second-order valence-corrected chi connectivity index (χ2v) is 4.03. The third-order valence-corrected chi connectivity index (χ3v) is 2.79. The third kappa shape index (κ3) is 2.97. The normalized spacial score (nSPS) is 10.3. The van der Waals surface area contributed by atoms with Crippen LogP contribution in [-0.2, 0) is 12.8 Å². The lowest BCUT2D eigenvalue weighted by Crippen LogP contribution is -2.31. The van der Waals surface area contributed by atoms with Gasteiger partial charge in [-0.15, -0.1) is 0 Å². The molecule has 0 radical (unpaired) electrons. The topological polar surface area (TPSA) is 46.9 Å². The van der Waals surface area contributed by atoms with Crippen molar-refractivity contribution in [1.82, 2.24) is 14.9 Å². The highest BCUT2D eigenvalue weighted by atomic mass is 16.2. The third-order valence-electron chi connectivity index (χ3n) is 2.79. The van der Waals surface area contributed by atoms with Gasteiger partial charge in [0.05, 0.1) is 0 Å². The van der Waals surface area contributed by atoms with Crippen LogP contribution in [0, 0.1) is 0 Å². The van der Waals surface area contributed by atoms with Crippen molar-refractivity contribution in [1.29, 1.82) is 0 Å². The molecule has 0 fully saturated rings. The molecule has 0 spiro atoms. The predicted molar refractivity (Wildman–Crippen MR) is 70.5 cm³/mol. The Kier molecular flexibility index (Phi) is 4.12. The molecule has 2 aromatic rings. The molecule has 18 heavy (non-hydrogen) atoms. The summed E-state index contributed by atoms with van der Waals surface area (Å²) in [6, 6.07) is 9.99. The van der Waals surface area contributed by atoms with E-state index >= 15 is 0 Å². The minimum Gasteiger partial charge on any atom is -0.337 e. The molecule has 1 aromatic carbocycles. The van der Waals surface area contributed by atoms with E-state index < -0.39 is 0 Å². The van der Waals surface area contributed by atoms with Gasteiger partial charge in [0, 0.05) is 25.4 Å². The summed E-state index contributed by atoms with van der Waals surface area (Å²) < 4.78 is 1.56. The zero-order valence-corrected chi connectivity index (χ0v) is 10.5. The summed E-state index contributed by atoms with van der Waals surface area (Å²) in [5, 5.41) is 2.89. The number of aromatic nitrogens is 2.